The molecule has 3 saturated carbocycles. The minimum absolute atomic E-state index is 0.136. The maximum absolute atomic E-state index is 11.1. The van der Waals surface area contributed by atoms with Crippen LogP contribution in [0.3, 0.4) is 0 Å². The lowest BCUT2D eigenvalue weighted by Crippen LogP contribution is -2.66. The van der Waals surface area contributed by atoms with Gasteiger partial charge in [-0.15, -0.1) is 0 Å². The topological polar surface area (TPSA) is 958 Å². The van der Waals surface area contributed by atoms with Gasteiger partial charge in [-0.25, -0.2) is 0 Å². The van der Waals surface area contributed by atoms with Crippen LogP contribution in [0.25, 0.3) is 0 Å². The van der Waals surface area contributed by atoms with Crippen molar-refractivity contribution < 1.29 is 167 Å². The van der Waals surface area contributed by atoms with E-state index < -0.39 is 338 Å². The predicted molar refractivity (Wildman–Crippen MR) is 417 cm³/mol. The number of aliphatic hydroxyl groups excluding tert-OH is 16. The first-order valence-electron chi connectivity index (χ1n) is 41.7. The van der Waals surface area contributed by atoms with E-state index in [0.29, 0.717) is 12.8 Å². The van der Waals surface area contributed by atoms with E-state index in [4.69, 9.17) is 188 Å². The molecule has 3 aliphatic carbocycles. The van der Waals surface area contributed by atoms with Gasteiger partial charge in [-0.3, -0.25) is 0 Å². The van der Waals surface area contributed by atoms with E-state index in [0.717, 1.165) is 0 Å². The first-order valence-corrected chi connectivity index (χ1v) is 41.7. The molecular weight excluding hydrogens is 1650 g/mol. The van der Waals surface area contributed by atoms with Crippen molar-refractivity contribution in [2.75, 3.05) is 46.0 Å². The average Bonchev–Trinajstić information content (AvgIpc) is 1.66. The summed E-state index contributed by atoms with van der Waals surface area (Å²) in [6, 6.07) is -9.91. The summed E-state index contributed by atoms with van der Waals surface area (Å²) in [5, 5.41) is 168. The summed E-state index contributed by atoms with van der Waals surface area (Å²) in [4.78, 5) is 0. The van der Waals surface area contributed by atoms with Crippen LogP contribution in [-0.4, -0.2) is 452 Å². The molecule has 0 bridgehead atoms. The first-order chi connectivity index (χ1) is 58.1. The van der Waals surface area contributed by atoms with Gasteiger partial charge in [0.25, 0.3) is 0 Å². The van der Waals surface area contributed by atoms with Crippen LogP contribution in [0.2, 0.25) is 0 Å². The molecule has 718 valence electrons. The normalized spacial score (nSPS) is 52.2. The molecule has 12 aliphatic rings. The molecule has 2 unspecified atom stereocenters. The smallest absolute Gasteiger partial charge is 0.187 e. The van der Waals surface area contributed by atoms with Crippen molar-refractivity contribution in [1.29, 1.82) is 0 Å². The summed E-state index contributed by atoms with van der Waals surface area (Å²) in [5.74, 6) is -0.896. The Morgan fingerprint density at radius 3 is 1.06 bits per heavy atom. The first kappa shape index (κ1) is 103. The number of ether oxygens (including phenoxy) is 18. The average molecular weight is 1790 g/mol. The highest BCUT2D eigenvalue weighted by atomic mass is 16.8. The van der Waals surface area contributed by atoms with Crippen molar-refractivity contribution in [3.8, 4) is 0 Å². The van der Waals surface area contributed by atoms with Gasteiger partial charge < -0.3 is 270 Å². The summed E-state index contributed by atoms with van der Waals surface area (Å²) in [6.07, 6.45) is -42.1. The van der Waals surface area contributed by atoms with Crippen molar-refractivity contribution in [3.63, 3.8) is 0 Å². The maximum atomic E-state index is 11.1. The van der Waals surface area contributed by atoms with Crippen molar-refractivity contribution in [3.05, 3.63) is 12.2 Å². The fourth-order valence-electron chi connectivity index (χ4n) is 17.1. The van der Waals surface area contributed by atoms with Crippen molar-refractivity contribution in [1.82, 2.24) is 0 Å². The van der Waals surface area contributed by atoms with Crippen LogP contribution in [0, 0.1) is 5.92 Å². The van der Waals surface area contributed by atoms with Gasteiger partial charge in [0, 0.05) is 80.9 Å². The van der Waals surface area contributed by atoms with Crippen LogP contribution in [0.1, 0.15) is 52.4 Å². The molecule has 0 aromatic carbocycles. The van der Waals surface area contributed by atoms with E-state index in [9.17, 15) is 81.7 Å². The molecule has 0 spiro atoms. The quantitative estimate of drug-likeness (QED) is 0.0340. The van der Waals surface area contributed by atoms with Crippen LogP contribution in [0.5, 0.6) is 0 Å². The van der Waals surface area contributed by atoms with Gasteiger partial charge in [0.15, 0.2) is 56.6 Å². The van der Waals surface area contributed by atoms with Crippen LogP contribution in [0.4, 0.5) is 0 Å². The maximum Gasteiger partial charge on any atom is 0.187 e. The molecule has 52 heteroatoms. The highest BCUT2D eigenvalue weighted by Gasteiger charge is 2.59. The Morgan fingerprint density at radius 1 is 0.301 bits per heavy atom. The molecule has 9 heterocycles. The molecule has 123 heavy (non-hydrogen) atoms. The molecule has 0 aromatic heterocycles. The molecule has 0 aromatic rings. The lowest BCUT2D eigenvalue weighted by atomic mass is 9.84. The third-order valence-electron chi connectivity index (χ3n) is 24.8. The Kier molecular flexibility index (Phi) is 37.9. The third kappa shape index (κ3) is 23.5. The minimum atomic E-state index is -1.57. The van der Waals surface area contributed by atoms with Crippen LogP contribution < -0.4 is 103 Å². The van der Waals surface area contributed by atoms with Gasteiger partial charge >= 0.3 is 0 Å². The van der Waals surface area contributed by atoms with Gasteiger partial charge in [0.2, 0.25) is 0 Å². The second-order valence-electron chi connectivity index (χ2n) is 33.9. The molecule has 52 N–H and O–H groups in total. The zero-order valence-corrected chi connectivity index (χ0v) is 68.4. The number of rotatable bonds is 27. The molecule has 0 amide bonds. The SMILES string of the molecule is C[C@H](N)[C@@H]1C=C[C@@H](N)[C@@H](O[C@H]2[C@H](O[C@@H]3O[C@H](CO)[C@@H](OC4O[C@@H](CN)[C@@H](O)[C@H](O)[C@H]4N)[C@H]3O)[C@@H](O)[C@H](N)C[C@@H]2N)O1.C[C@H](N)[C@@H]1C[C@@H](O)[C@@H](N)[C@@H](O[C@H]2[C@H](O[C@@H]3O[C@H](CO)[C@@H](OC4O[C@@H](CN)[C@@H](O)[C@H](O)[C@H]4N)[C@H]3O)[C@@H](O)[C@H](N)C[C@@H]2N)O1.NC[C@@H]1CC[C@@H](N)[C@@H](O[C@H]2[C@H](O[C@@H]3O[C@H](CO)[C@@H](O[C@H]4O[C@@H](N)[C@H](O)[C@@H](O)[C@H]4CN)[C@H]3O)[C@@H](O)[C@H](N)C[C@@H]2N)O1. The van der Waals surface area contributed by atoms with Gasteiger partial charge in [-0.2, -0.15) is 0 Å². The fraction of sp³-hybridized carbons (Fsp3) is 0.972. The minimum Gasteiger partial charge on any atom is -0.394 e. The molecule has 8 saturated heterocycles. The van der Waals surface area contributed by atoms with Gasteiger partial charge in [-0.05, 0) is 46.0 Å². The zero-order valence-electron chi connectivity index (χ0n) is 68.4. The van der Waals surface area contributed by atoms with Crippen molar-refractivity contribution in [2.45, 2.75) is 377 Å². The lowest BCUT2D eigenvalue weighted by Gasteiger charge is -2.46. The monoisotopic (exact) mass is 1790 g/mol. The van der Waals surface area contributed by atoms with Crippen molar-refractivity contribution >= 4 is 0 Å². The highest BCUT2D eigenvalue weighted by Crippen LogP contribution is 2.40. The summed E-state index contributed by atoms with van der Waals surface area (Å²) in [6.45, 7) is 1.52. The van der Waals surface area contributed by atoms with Gasteiger partial charge in [0.1, 0.15) is 141 Å². The molecule has 52 nitrogen and oxygen atoms in total. The van der Waals surface area contributed by atoms with E-state index in [1.807, 2.05) is 0 Å². The Labute approximate surface area is 708 Å². The highest BCUT2D eigenvalue weighted by molar-refractivity contribution is 5.09. The van der Waals surface area contributed by atoms with E-state index in [2.05, 4.69) is 0 Å². The van der Waals surface area contributed by atoms with E-state index in [-0.39, 0.29) is 64.0 Å². The summed E-state index contributed by atoms with van der Waals surface area (Å²) in [7, 11) is 0. The second-order valence-corrected chi connectivity index (χ2v) is 33.9. The standard InChI is InChI=1S/C24H48N6O12.C24H46N6O11.C23H46N6O11/c1-6(26)10-3-9(32)13(29)22(37-10)40-19-8(28)2-7(27)15(33)21(19)42-24-18(36)20(12(5-31)39-24)41-23-14(30)17(35)16(34)11(4-25)38-23;1-7(26)11-3-2-8(27)22(36-11)39-19-10(29)4-9(28)15(32)21(19)41-24-18(35)20(13(6-31)38-24)40-23-14(30)17(34)16(33)12(5-25)37-23;24-4-7-1-2-9(26)22(35-7)37-17-11(28)3-10(27)14(32)19(17)39-23-16(34)18(12(6-30)36-23)38-21-8(5-25)13(31)15(33)20(29)40-21/h6-24,31-36H,2-5,25-30H2,1H3;2-3,7-24,31-35H,4-6,25-30H2,1H3;7-23,30-34H,1-6,24-29H2/t6-,7+,8-,9+,10-,11-,12+,13+,14+,15-,16+,17+,18+,19+,20+,21+,22+,23?,24-;7-,8+,9+,10-,11-,12-,13+,14+,15-,16+,17+,18+,19+,20+,21+,22+,23?,24-;7-,8+,9+,10+,11-,12+,13-,14-,15+,16+,17+,18+,19+,20+,21-,22+,23-/m000/s1. The Morgan fingerprint density at radius 2 is 0.675 bits per heavy atom. The van der Waals surface area contributed by atoms with E-state index in [1.54, 1.807) is 26.0 Å². The predicted octanol–water partition coefficient (Wildman–Crippen LogP) is -20.8. The molecule has 0 radical (unpaired) electrons. The van der Waals surface area contributed by atoms with Gasteiger partial charge in [0.05, 0.1) is 105 Å². The van der Waals surface area contributed by atoms with Crippen LogP contribution in [0.15, 0.2) is 12.2 Å². The molecule has 54 atom stereocenters. The second kappa shape index (κ2) is 45.4. The third-order valence-corrected chi connectivity index (χ3v) is 24.8. The van der Waals surface area contributed by atoms with Gasteiger partial charge in [-0.1, -0.05) is 12.2 Å². The molecule has 9 aliphatic heterocycles. The van der Waals surface area contributed by atoms with E-state index >= 15 is 0 Å². The Bertz CT molecular complexity index is 3180. The zero-order chi connectivity index (χ0) is 90.5. The van der Waals surface area contributed by atoms with Crippen LogP contribution >= 0.6 is 0 Å². The number of aliphatic hydroxyl groups is 16. The van der Waals surface area contributed by atoms with Crippen LogP contribution in [-0.2, 0) is 85.3 Å². The molecule has 12 rings (SSSR count). The largest absolute Gasteiger partial charge is 0.394 e. The van der Waals surface area contributed by atoms with Crippen molar-refractivity contribution in [2.24, 2.45) is 109 Å². The number of hydrogen-bond donors (Lipinski definition) is 34. The number of hydrogen-bond acceptors (Lipinski definition) is 52. The summed E-state index contributed by atoms with van der Waals surface area (Å²) < 4.78 is 105. The summed E-state index contributed by atoms with van der Waals surface area (Å²) >= 11 is 0. The fourth-order valence-corrected chi connectivity index (χ4v) is 17.1. The Balaban J connectivity index is 0.000000193. The molecule has 11 fully saturated rings. The number of nitrogens with two attached hydrogens (primary N) is 18. The Hall–Kier alpha value is -2.34. The molecular formula is C71H140N18O34. The lowest BCUT2D eigenvalue weighted by molar-refractivity contribution is -0.299. The summed E-state index contributed by atoms with van der Waals surface area (Å²) in [5.41, 5.74) is 108. The van der Waals surface area contributed by atoms with E-state index in [1.165, 1.54) is 0 Å².